The van der Waals surface area contributed by atoms with Gasteiger partial charge in [-0.2, -0.15) is 0 Å². The van der Waals surface area contributed by atoms with Crippen molar-refractivity contribution in [3.63, 3.8) is 0 Å². The van der Waals surface area contributed by atoms with Crippen molar-refractivity contribution in [2.24, 2.45) is 12.0 Å². The lowest BCUT2D eigenvalue weighted by molar-refractivity contribution is 0.407. The fraction of sp³-hybridized carbons (Fsp3) is 0.722. The fourth-order valence-electron chi connectivity index (χ4n) is 3.38. The van der Waals surface area contributed by atoms with Gasteiger partial charge in [-0.25, -0.2) is 4.99 Å². The van der Waals surface area contributed by atoms with E-state index in [4.69, 9.17) is 4.99 Å². The second kappa shape index (κ2) is 8.75. The highest BCUT2D eigenvalue weighted by atomic mass is 127. The van der Waals surface area contributed by atoms with Crippen molar-refractivity contribution in [3.8, 4) is 0 Å². The first-order chi connectivity index (χ1) is 13.0. The molecule has 0 radical (unpaired) electrons. The molecule has 1 saturated carbocycles. The van der Waals surface area contributed by atoms with Gasteiger partial charge in [0.05, 0.1) is 0 Å². The summed E-state index contributed by atoms with van der Waals surface area (Å²) in [5.41, 5.74) is 0. The van der Waals surface area contributed by atoms with Crippen LogP contribution in [0, 0.1) is 6.92 Å². The zero-order chi connectivity index (χ0) is 19.0. The Bertz CT molecular complexity index is 834. The molecule has 1 unspecified atom stereocenters. The first-order valence-electron chi connectivity index (χ1n) is 9.85. The normalized spacial score (nSPS) is 19.3. The van der Waals surface area contributed by atoms with E-state index in [9.17, 15) is 0 Å². The SMILES string of the molecule is Cc1nnc(CN=C(NC2CC2)NC2CCc3nnc(C(C)C)n3C2)n1C.I. The van der Waals surface area contributed by atoms with Crippen LogP contribution in [0.4, 0.5) is 0 Å². The van der Waals surface area contributed by atoms with Crippen LogP contribution in [0.5, 0.6) is 0 Å². The summed E-state index contributed by atoms with van der Waals surface area (Å²) in [6.07, 6.45) is 4.39. The smallest absolute Gasteiger partial charge is 0.192 e. The summed E-state index contributed by atoms with van der Waals surface area (Å²) >= 11 is 0. The zero-order valence-electron chi connectivity index (χ0n) is 17.0. The molecule has 2 N–H and O–H groups in total. The van der Waals surface area contributed by atoms with Crippen LogP contribution in [0.15, 0.2) is 4.99 Å². The molecule has 1 aliphatic heterocycles. The second-order valence-corrected chi connectivity index (χ2v) is 7.93. The van der Waals surface area contributed by atoms with Crippen LogP contribution < -0.4 is 10.6 Å². The van der Waals surface area contributed by atoms with Crippen molar-refractivity contribution in [3.05, 3.63) is 23.3 Å². The first kappa shape index (κ1) is 21.0. The van der Waals surface area contributed by atoms with Crippen molar-refractivity contribution >= 4 is 29.9 Å². The predicted molar refractivity (Wildman–Crippen MR) is 118 cm³/mol. The third-order valence-electron chi connectivity index (χ3n) is 5.31. The third kappa shape index (κ3) is 4.64. The van der Waals surface area contributed by atoms with Gasteiger partial charge >= 0.3 is 0 Å². The molecule has 4 rings (SSSR count). The van der Waals surface area contributed by atoms with Gasteiger partial charge in [0.1, 0.15) is 24.0 Å². The fourth-order valence-corrected chi connectivity index (χ4v) is 3.38. The maximum atomic E-state index is 4.77. The van der Waals surface area contributed by atoms with Crippen LogP contribution in [-0.2, 0) is 26.6 Å². The van der Waals surface area contributed by atoms with Crippen LogP contribution in [0.3, 0.4) is 0 Å². The summed E-state index contributed by atoms with van der Waals surface area (Å²) in [5.74, 6) is 5.18. The van der Waals surface area contributed by atoms with Gasteiger partial charge in [-0.05, 0) is 26.2 Å². The lowest BCUT2D eigenvalue weighted by atomic mass is 10.1. The first-order valence-corrected chi connectivity index (χ1v) is 9.85. The summed E-state index contributed by atoms with van der Waals surface area (Å²) in [6.45, 7) is 7.68. The Hall–Kier alpha value is -1.72. The minimum atomic E-state index is 0. The maximum absolute atomic E-state index is 4.77. The standard InChI is InChI=1S/C18H29N9.HI/c1-11(2)17-25-23-15-8-7-14(10-27(15)17)21-18(20-13-5-6-13)19-9-16-24-22-12(3)26(16)4;/h11,13-14H,5-10H2,1-4H3,(H2,19,20,21);1H. The Labute approximate surface area is 182 Å². The van der Waals surface area contributed by atoms with Crippen LogP contribution >= 0.6 is 24.0 Å². The summed E-state index contributed by atoms with van der Waals surface area (Å²) in [4.78, 5) is 4.77. The quantitative estimate of drug-likeness (QED) is 0.369. The topological polar surface area (TPSA) is 97.8 Å². The average molecular weight is 499 g/mol. The third-order valence-corrected chi connectivity index (χ3v) is 5.31. The molecule has 3 heterocycles. The number of rotatable bonds is 5. The molecule has 0 aromatic carbocycles. The molecular weight excluding hydrogens is 469 g/mol. The summed E-state index contributed by atoms with van der Waals surface area (Å²) < 4.78 is 4.25. The lowest BCUT2D eigenvalue weighted by Gasteiger charge is -2.27. The second-order valence-electron chi connectivity index (χ2n) is 7.93. The number of aryl methyl sites for hydroxylation is 2. The molecule has 1 fully saturated rings. The summed E-state index contributed by atoms with van der Waals surface area (Å²) in [6, 6.07) is 0.856. The Morgan fingerprint density at radius 2 is 1.86 bits per heavy atom. The van der Waals surface area contributed by atoms with E-state index in [1.54, 1.807) is 0 Å². The molecule has 0 spiro atoms. The van der Waals surface area contributed by atoms with Crippen molar-refractivity contribution in [1.82, 2.24) is 40.2 Å². The zero-order valence-corrected chi connectivity index (χ0v) is 19.3. The molecular formula is C18H30IN9. The van der Waals surface area contributed by atoms with Crippen molar-refractivity contribution in [2.45, 2.75) is 77.5 Å². The number of guanidine groups is 1. The average Bonchev–Trinajstić information content (AvgIpc) is 3.26. The monoisotopic (exact) mass is 499 g/mol. The minimum absolute atomic E-state index is 0. The number of hydrogen-bond donors (Lipinski definition) is 2. The van der Waals surface area contributed by atoms with Gasteiger partial charge in [-0.3, -0.25) is 0 Å². The van der Waals surface area contributed by atoms with Crippen molar-refractivity contribution in [2.75, 3.05) is 0 Å². The van der Waals surface area contributed by atoms with Gasteiger partial charge in [0.2, 0.25) is 0 Å². The van der Waals surface area contributed by atoms with E-state index < -0.39 is 0 Å². The van der Waals surface area contributed by atoms with Crippen LogP contribution in [0.25, 0.3) is 0 Å². The van der Waals surface area contributed by atoms with Crippen molar-refractivity contribution < 1.29 is 0 Å². The molecule has 1 aliphatic carbocycles. The van der Waals surface area contributed by atoms with E-state index in [2.05, 4.69) is 49.4 Å². The van der Waals surface area contributed by atoms with Gasteiger partial charge in [0.15, 0.2) is 11.8 Å². The number of halogens is 1. The number of fused-ring (bicyclic) bond motifs is 1. The van der Waals surface area contributed by atoms with Gasteiger partial charge in [0, 0.05) is 38.0 Å². The molecule has 1 atom stereocenters. The molecule has 28 heavy (non-hydrogen) atoms. The molecule has 0 bridgehead atoms. The van der Waals surface area contributed by atoms with Crippen LogP contribution in [0.2, 0.25) is 0 Å². The molecule has 2 aliphatic rings. The number of hydrogen-bond acceptors (Lipinski definition) is 5. The number of nitrogens with one attached hydrogen (secondary N) is 2. The van der Waals surface area contributed by atoms with E-state index >= 15 is 0 Å². The van der Waals surface area contributed by atoms with Crippen molar-refractivity contribution in [1.29, 1.82) is 0 Å². The summed E-state index contributed by atoms with van der Waals surface area (Å²) in [7, 11) is 1.98. The lowest BCUT2D eigenvalue weighted by Crippen LogP contribution is -2.47. The van der Waals surface area contributed by atoms with E-state index in [0.29, 0.717) is 24.5 Å². The largest absolute Gasteiger partial charge is 0.354 e. The highest BCUT2D eigenvalue weighted by Gasteiger charge is 2.27. The maximum Gasteiger partial charge on any atom is 0.192 e. The number of nitrogens with zero attached hydrogens (tertiary/aromatic N) is 7. The minimum Gasteiger partial charge on any atom is -0.354 e. The predicted octanol–water partition coefficient (Wildman–Crippen LogP) is 1.67. The Morgan fingerprint density at radius 1 is 1.11 bits per heavy atom. The highest BCUT2D eigenvalue weighted by Crippen LogP contribution is 2.21. The number of aliphatic imine (C=N–C) groups is 1. The van der Waals surface area contributed by atoms with Gasteiger partial charge in [-0.1, -0.05) is 13.8 Å². The Kier molecular flexibility index (Phi) is 6.56. The van der Waals surface area contributed by atoms with Gasteiger partial charge in [-0.15, -0.1) is 44.4 Å². The molecule has 0 amide bonds. The highest BCUT2D eigenvalue weighted by molar-refractivity contribution is 14.0. The number of aromatic nitrogens is 6. The van der Waals surface area contributed by atoms with Crippen LogP contribution in [-0.4, -0.2) is 47.6 Å². The van der Waals surface area contributed by atoms with E-state index in [-0.39, 0.29) is 24.0 Å². The van der Waals surface area contributed by atoms with Gasteiger partial charge in [0.25, 0.3) is 0 Å². The Balaban J connectivity index is 0.00000225. The van der Waals surface area contributed by atoms with E-state index in [0.717, 1.165) is 48.6 Å². The van der Waals surface area contributed by atoms with E-state index in [1.165, 1.54) is 12.8 Å². The molecule has 2 aromatic heterocycles. The molecule has 10 heteroatoms. The van der Waals surface area contributed by atoms with Crippen LogP contribution in [0.1, 0.15) is 62.3 Å². The Morgan fingerprint density at radius 3 is 2.50 bits per heavy atom. The van der Waals surface area contributed by atoms with E-state index in [1.807, 2.05) is 18.5 Å². The summed E-state index contributed by atoms with van der Waals surface area (Å²) in [5, 5.41) is 24.2. The molecule has 2 aromatic rings. The molecule has 154 valence electrons. The van der Waals surface area contributed by atoms with Gasteiger partial charge < -0.3 is 19.8 Å². The molecule has 0 saturated heterocycles. The molecule has 9 nitrogen and oxygen atoms in total.